The molecule has 3 fully saturated rings. The van der Waals surface area contributed by atoms with Crippen molar-refractivity contribution in [1.29, 1.82) is 0 Å². The standard InChI is InChI=1S/C83H153NO18/c1-3-5-7-9-11-13-15-17-19-21-23-24-25-26-27-28-29-30-31-32-33-34-35-36-37-38-39-40-41-42-43-45-47-49-51-53-55-57-59-61-71(89)84-66(67(88)60-58-56-54-52-50-48-46-44-22-20-18-16-14-12-10-8-6-4-2)65-97-81-77(95)74(92)79(69(63-86)99-81)102-83-78(96)75(93)80(70(64-87)100-83)101-82-76(94)73(91)72(90)68(62-85)98-82/h5,7,11,13,17,19,23-24,66-70,72-83,85-88,90-96H,3-4,6,8-10,12,14-16,18,20-22,25-65H2,1-2H3,(H,84,89)/b7-5-,13-11-,19-17-,24-23-. The molecular formula is C83H153NO18. The van der Waals surface area contributed by atoms with E-state index < -0.39 is 124 Å². The summed E-state index contributed by atoms with van der Waals surface area (Å²) in [6, 6.07) is -0.886. The molecule has 0 aromatic heterocycles. The number of rotatable bonds is 67. The van der Waals surface area contributed by atoms with Gasteiger partial charge in [-0.05, 0) is 51.4 Å². The molecule has 0 bridgehead atoms. The van der Waals surface area contributed by atoms with Crippen molar-refractivity contribution in [2.24, 2.45) is 0 Å². The summed E-state index contributed by atoms with van der Waals surface area (Å²) in [6.45, 7) is 1.73. The van der Waals surface area contributed by atoms with E-state index in [0.29, 0.717) is 12.8 Å². The molecule has 0 saturated carbocycles. The summed E-state index contributed by atoms with van der Waals surface area (Å²) in [6.07, 6.45) is 53.6. The average molecular weight is 1450 g/mol. The van der Waals surface area contributed by atoms with Crippen molar-refractivity contribution in [2.75, 3.05) is 26.4 Å². The van der Waals surface area contributed by atoms with Crippen LogP contribution in [0.15, 0.2) is 48.6 Å². The summed E-state index contributed by atoms with van der Waals surface area (Å²) in [5, 5.41) is 121. The first kappa shape index (κ1) is 94.0. The third kappa shape index (κ3) is 43.1. The molecule has 19 heteroatoms. The number of aliphatic hydroxyl groups excluding tert-OH is 11. The highest BCUT2D eigenvalue weighted by Crippen LogP contribution is 2.33. The molecule has 19 nitrogen and oxygen atoms in total. The van der Waals surface area contributed by atoms with Crippen LogP contribution >= 0.6 is 0 Å². The minimum atomic E-state index is -1.97. The molecule has 17 atom stereocenters. The third-order valence-corrected chi connectivity index (χ3v) is 20.9. The molecule has 3 aliphatic rings. The van der Waals surface area contributed by atoms with E-state index in [2.05, 4.69) is 67.8 Å². The molecule has 102 heavy (non-hydrogen) atoms. The predicted octanol–water partition coefficient (Wildman–Crippen LogP) is 14.5. The Morgan fingerprint density at radius 2 is 0.676 bits per heavy atom. The van der Waals surface area contributed by atoms with Crippen LogP contribution in [0.3, 0.4) is 0 Å². The Hall–Kier alpha value is -2.25. The van der Waals surface area contributed by atoms with Gasteiger partial charge in [-0.3, -0.25) is 4.79 Å². The summed E-state index contributed by atoms with van der Waals surface area (Å²) in [5.41, 5.74) is 0. The highest BCUT2D eigenvalue weighted by atomic mass is 16.8. The second-order valence-electron chi connectivity index (χ2n) is 29.9. The van der Waals surface area contributed by atoms with Crippen molar-refractivity contribution in [1.82, 2.24) is 5.32 Å². The summed E-state index contributed by atoms with van der Waals surface area (Å²) < 4.78 is 34.5. The van der Waals surface area contributed by atoms with Gasteiger partial charge in [0.05, 0.1) is 38.6 Å². The Balaban J connectivity index is 1.29. The van der Waals surface area contributed by atoms with E-state index in [1.807, 2.05) is 0 Å². The lowest BCUT2D eigenvalue weighted by Crippen LogP contribution is -2.66. The van der Waals surface area contributed by atoms with Crippen molar-refractivity contribution >= 4 is 5.91 Å². The maximum atomic E-state index is 13.5. The highest BCUT2D eigenvalue weighted by Gasteiger charge is 2.54. The number of aliphatic hydroxyl groups is 11. The van der Waals surface area contributed by atoms with Crippen LogP contribution in [0.25, 0.3) is 0 Å². The van der Waals surface area contributed by atoms with Gasteiger partial charge in [0.15, 0.2) is 18.9 Å². The van der Waals surface area contributed by atoms with Crippen molar-refractivity contribution in [3.63, 3.8) is 0 Å². The van der Waals surface area contributed by atoms with Crippen molar-refractivity contribution in [3.05, 3.63) is 48.6 Å². The number of unbranched alkanes of at least 4 members (excludes halogenated alkanes) is 43. The minimum Gasteiger partial charge on any atom is -0.394 e. The summed E-state index contributed by atoms with van der Waals surface area (Å²) >= 11 is 0. The van der Waals surface area contributed by atoms with E-state index in [-0.39, 0.29) is 18.9 Å². The zero-order valence-electron chi connectivity index (χ0n) is 64.1. The number of allylic oxidation sites excluding steroid dienone is 8. The van der Waals surface area contributed by atoms with Crippen LogP contribution < -0.4 is 5.32 Å². The Morgan fingerprint density at radius 3 is 1.06 bits per heavy atom. The largest absolute Gasteiger partial charge is 0.394 e. The van der Waals surface area contributed by atoms with Gasteiger partial charge in [0.1, 0.15) is 73.2 Å². The molecule has 0 aromatic carbocycles. The van der Waals surface area contributed by atoms with Gasteiger partial charge in [0.25, 0.3) is 0 Å². The topological polar surface area (TPSA) is 307 Å². The molecule has 3 rings (SSSR count). The van der Waals surface area contributed by atoms with Crippen LogP contribution in [0.5, 0.6) is 0 Å². The van der Waals surface area contributed by atoms with Crippen LogP contribution in [0.2, 0.25) is 0 Å². The van der Waals surface area contributed by atoms with Gasteiger partial charge in [0, 0.05) is 6.42 Å². The molecular weight excluding hydrogens is 1300 g/mol. The maximum absolute atomic E-state index is 13.5. The maximum Gasteiger partial charge on any atom is 0.220 e. The van der Waals surface area contributed by atoms with Gasteiger partial charge in [-0.15, -0.1) is 0 Å². The minimum absolute atomic E-state index is 0.236. The van der Waals surface area contributed by atoms with Gasteiger partial charge in [-0.25, -0.2) is 0 Å². The lowest BCUT2D eigenvalue weighted by atomic mass is 9.96. The quantitative estimate of drug-likeness (QED) is 0.0199. The average Bonchev–Trinajstić information content (AvgIpc) is 0.781. The summed E-state index contributed by atoms with van der Waals surface area (Å²) in [5.74, 6) is -0.236. The van der Waals surface area contributed by atoms with Gasteiger partial charge < -0.3 is 89.9 Å². The monoisotopic (exact) mass is 1450 g/mol. The molecule has 1 amide bonds. The number of carbonyl (C=O) groups is 1. The van der Waals surface area contributed by atoms with E-state index >= 15 is 0 Å². The zero-order valence-corrected chi connectivity index (χ0v) is 64.1. The van der Waals surface area contributed by atoms with Gasteiger partial charge in [-0.2, -0.15) is 0 Å². The Labute approximate surface area is 618 Å². The second-order valence-corrected chi connectivity index (χ2v) is 29.9. The van der Waals surface area contributed by atoms with Crippen LogP contribution in [0.4, 0.5) is 0 Å². The predicted molar refractivity (Wildman–Crippen MR) is 406 cm³/mol. The van der Waals surface area contributed by atoms with Crippen molar-refractivity contribution in [2.45, 2.75) is 446 Å². The van der Waals surface area contributed by atoms with Crippen molar-refractivity contribution < 1.29 is 89.4 Å². The SMILES string of the molecule is CC/C=C\C/C=C\C/C=C\C/C=C\CCCCCCCCCCCCCCCCCCCCCCCCCCCCC(=O)NC(COC1OC(CO)C(OC2OC(CO)C(OC3OC(CO)C(O)C(O)C3O)C(O)C2O)C(O)C1O)C(O)CCCCCCCCCCCCCCCCCCCC. The number of hydrogen-bond donors (Lipinski definition) is 12. The zero-order chi connectivity index (χ0) is 73.9. The van der Waals surface area contributed by atoms with Crippen LogP contribution in [0.1, 0.15) is 341 Å². The Kier molecular flexibility index (Phi) is 58.6. The van der Waals surface area contributed by atoms with Crippen molar-refractivity contribution in [3.8, 4) is 0 Å². The number of carbonyl (C=O) groups excluding carboxylic acids is 1. The second kappa shape index (κ2) is 63.7. The molecule has 17 unspecified atom stereocenters. The van der Waals surface area contributed by atoms with Crippen LogP contribution in [0, 0.1) is 0 Å². The fourth-order valence-corrected chi connectivity index (χ4v) is 14.3. The van der Waals surface area contributed by atoms with Gasteiger partial charge >= 0.3 is 0 Å². The fraction of sp³-hybridized carbons (Fsp3) is 0.892. The molecule has 0 aliphatic carbocycles. The number of amides is 1. The molecule has 3 heterocycles. The molecule has 0 radical (unpaired) electrons. The first-order valence-corrected chi connectivity index (χ1v) is 41.9. The van der Waals surface area contributed by atoms with Crippen LogP contribution in [-0.4, -0.2) is 193 Å². The molecule has 12 N–H and O–H groups in total. The van der Waals surface area contributed by atoms with E-state index in [4.69, 9.17) is 28.4 Å². The van der Waals surface area contributed by atoms with E-state index in [9.17, 15) is 61.0 Å². The number of hydrogen-bond acceptors (Lipinski definition) is 18. The third-order valence-electron chi connectivity index (χ3n) is 20.9. The Bertz CT molecular complexity index is 2030. The number of nitrogens with one attached hydrogen (secondary N) is 1. The van der Waals surface area contributed by atoms with Gasteiger partial charge in [0.2, 0.25) is 5.91 Å². The first-order chi connectivity index (χ1) is 49.8. The lowest BCUT2D eigenvalue weighted by molar-refractivity contribution is -0.379. The van der Waals surface area contributed by atoms with Crippen LogP contribution in [-0.2, 0) is 33.2 Å². The normalized spacial score (nSPS) is 26.4. The number of ether oxygens (including phenoxy) is 6. The first-order valence-electron chi connectivity index (χ1n) is 41.9. The summed E-state index contributed by atoms with van der Waals surface area (Å²) in [4.78, 5) is 13.5. The summed E-state index contributed by atoms with van der Waals surface area (Å²) in [7, 11) is 0. The smallest absolute Gasteiger partial charge is 0.220 e. The van der Waals surface area contributed by atoms with E-state index in [1.54, 1.807) is 0 Å². The Morgan fingerprint density at radius 1 is 0.363 bits per heavy atom. The molecule has 0 spiro atoms. The fourth-order valence-electron chi connectivity index (χ4n) is 14.3. The highest BCUT2D eigenvalue weighted by molar-refractivity contribution is 5.76. The molecule has 3 aliphatic heterocycles. The molecule has 3 saturated heterocycles. The van der Waals surface area contributed by atoms with E-state index in [0.717, 1.165) is 70.6 Å². The van der Waals surface area contributed by atoms with Gasteiger partial charge in [-0.1, -0.05) is 332 Å². The van der Waals surface area contributed by atoms with E-state index in [1.165, 1.54) is 238 Å². The lowest BCUT2D eigenvalue weighted by Gasteiger charge is -2.48. The molecule has 0 aromatic rings. The molecule has 598 valence electrons.